The second kappa shape index (κ2) is 9.52. The molecular formula is C26H28N6O5S. The molecule has 0 radical (unpaired) electrons. The summed E-state index contributed by atoms with van der Waals surface area (Å²) in [6, 6.07) is 11.1. The van der Waals surface area contributed by atoms with Gasteiger partial charge in [0, 0.05) is 19.0 Å². The largest absolute Gasteiger partial charge is 0.486 e. The Labute approximate surface area is 219 Å². The summed E-state index contributed by atoms with van der Waals surface area (Å²) in [6.07, 6.45) is 1.09. The van der Waals surface area contributed by atoms with E-state index in [2.05, 4.69) is 15.3 Å². The van der Waals surface area contributed by atoms with Gasteiger partial charge in [-0.2, -0.15) is 4.31 Å². The molecule has 2 aromatic carbocycles. The molecule has 0 spiro atoms. The van der Waals surface area contributed by atoms with Crippen molar-refractivity contribution in [1.29, 1.82) is 0 Å². The van der Waals surface area contributed by atoms with Crippen LogP contribution in [0.5, 0.6) is 11.5 Å². The quantitative estimate of drug-likeness (QED) is 0.412. The van der Waals surface area contributed by atoms with Crippen molar-refractivity contribution in [2.45, 2.75) is 44.0 Å². The van der Waals surface area contributed by atoms with Gasteiger partial charge in [-0.3, -0.25) is 4.79 Å². The third-order valence-corrected chi connectivity index (χ3v) is 9.17. The summed E-state index contributed by atoms with van der Waals surface area (Å²) in [7, 11) is -3.60. The van der Waals surface area contributed by atoms with Crippen molar-refractivity contribution in [3.8, 4) is 11.5 Å². The van der Waals surface area contributed by atoms with Crippen molar-refractivity contribution in [3.63, 3.8) is 0 Å². The second-order valence-corrected chi connectivity index (χ2v) is 11.7. The minimum atomic E-state index is -3.60. The number of sulfonamides is 1. The fourth-order valence-electron chi connectivity index (χ4n) is 5.04. The van der Waals surface area contributed by atoms with Crippen LogP contribution in [0.3, 0.4) is 0 Å². The van der Waals surface area contributed by atoms with E-state index in [1.807, 2.05) is 44.2 Å². The number of aromatic amines is 1. The monoisotopic (exact) mass is 536 g/mol. The molecule has 198 valence electrons. The van der Waals surface area contributed by atoms with Gasteiger partial charge in [0.15, 0.2) is 22.7 Å². The fraction of sp³-hybridized carbons (Fsp3) is 0.385. The van der Waals surface area contributed by atoms with Gasteiger partial charge in [0.05, 0.1) is 11.4 Å². The van der Waals surface area contributed by atoms with Crippen molar-refractivity contribution in [1.82, 2.24) is 29.3 Å². The Morgan fingerprint density at radius 1 is 1.03 bits per heavy atom. The van der Waals surface area contributed by atoms with Crippen LogP contribution in [0, 0.1) is 13.8 Å². The maximum absolute atomic E-state index is 13.3. The van der Waals surface area contributed by atoms with E-state index in [-0.39, 0.29) is 17.0 Å². The molecule has 0 saturated carbocycles. The molecule has 1 saturated heterocycles. The Balaban J connectivity index is 1.23. The lowest BCUT2D eigenvalue weighted by atomic mass is 9.97. The van der Waals surface area contributed by atoms with Crippen LogP contribution in [0.4, 0.5) is 0 Å². The molecule has 0 bridgehead atoms. The number of hydrogen-bond acceptors (Lipinski definition) is 8. The number of aryl methyl sites for hydroxylation is 2. The van der Waals surface area contributed by atoms with Crippen LogP contribution < -0.4 is 15.0 Å². The number of ether oxygens (including phenoxy) is 2. The van der Waals surface area contributed by atoms with Crippen molar-refractivity contribution in [3.05, 3.63) is 69.3 Å². The number of benzene rings is 2. The summed E-state index contributed by atoms with van der Waals surface area (Å²) in [5.41, 5.74) is 2.75. The summed E-state index contributed by atoms with van der Waals surface area (Å²) >= 11 is 0. The number of rotatable bonds is 5. The first-order chi connectivity index (χ1) is 18.3. The van der Waals surface area contributed by atoms with E-state index < -0.39 is 10.0 Å². The van der Waals surface area contributed by atoms with Crippen LogP contribution in [0.2, 0.25) is 0 Å². The van der Waals surface area contributed by atoms with Crippen LogP contribution >= 0.6 is 0 Å². The smallest absolute Gasteiger partial charge is 0.281 e. The molecule has 2 aromatic heterocycles. The number of fused-ring (bicyclic) bond motifs is 2. The zero-order valence-electron chi connectivity index (χ0n) is 21.2. The first-order valence-electron chi connectivity index (χ1n) is 12.6. The number of H-pyrrole nitrogens is 1. The molecule has 1 fully saturated rings. The molecule has 4 aromatic rings. The minimum Gasteiger partial charge on any atom is -0.486 e. The Bertz CT molecular complexity index is 1690. The third-order valence-electron chi connectivity index (χ3n) is 7.13. The SMILES string of the molecule is Cc1ccc(C)c(S(=O)(=O)N2CCC(c3nc4c(nnn4Cc4ccc5c(c4)OCCO5)c(=O)[nH]3)CC2)c1. The summed E-state index contributed by atoms with van der Waals surface area (Å²) in [4.78, 5) is 20.8. The highest BCUT2D eigenvalue weighted by atomic mass is 32.2. The molecule has 12 heteroatoms. The summed E-state index contributed by atoms with van der Waals surface area (Å²) < 4.78 is 41.0. The molecule has 2 aliphatic heterocycles. The van der Waals surface area contributed by atoms with E-state index in [4.69, 9.17) is 14.5 Å². The molecule has 0 aliphatic carbocycles. The predicted octanol–water partition coefficient (Wildman–Crippen LogP) is 2.52. The van der Waals surface area contributed by atoms with Crippen molar-refractivity contribution < 1.29 is 17.9 Å². The van der Waals surface area contributed by atoms with Crippen molar-refractivity contribution in [2.24, 2.45) is 0 Å². The fourth-order valence-corrected chi connectivity index (χ4v) is 6.82. The molecule has 38 heavy (non-hydrogen) atoms. The second-order valence-electron chi connectivity index (χ2n) is 9.80. The number of nitrogens with one attached hydrogen (secondary N) is 1. The average molecular weight is 537 g/mol. The highest BCUT2D eigenvalue weighted by molar-refractivity contribution is 7.89. The normalized spacial score (nSPS) is 16.7. The first kappa shape index (κ1) is 24.6. The van der Waals surface area contributed by atoms with Gasteiger partial charge in [-0.05, 0) is 61.6 Å². The lowest BCUT2D eigenvalue weighted by Crippen LogP contribution is -2.38. The number of piperidine rings is 1. The van der Waals surface area contributed by atoms with Gasteiger partial charge in [0.1, 0.15) is 19.0 Å². The first-order valence-corrected chi connectivity index (χ1v) is 14.0. The lowest BCUT2D eigenvalue weighted by molar-refractivity contribution is 0.171. The van der Waals surface area contributed by atoms with E-state index in [0.29, 0.717) is 73.6 Å². The molecule has 2 aliphatic rings. The van der Waals surface area contributed by atoms with Gasteiger partial charge in [-0.15, -0.1) is 5.10 Å². The zero-order valence-corrected chi connectivity index (χ0v) is 22.0. The average Bonchev–Trinajstić information content (AvgIpc) is 3.33. The Kier molecular flexibility index (Phi) is 6.15. The molecular weight excluding hydrogens is 508 g/mol. The van der Waals surface area contributed by atoms with E-state index in [9.17, 15) is 13.2 Å². The molecule has 0 amide bonds. The minimum absolute atomic E-state index is 0.0881. The van der Waals surface area contributed by atoms with Gasteiger partial charge in [-0.25, -0.2) is 18.1 Å². The molecule has 6 rings (SSSR count). The van der Waals surface area contributed by atoms with Gasteiger partial charge in [0.25, 0.3) is 5.56 Å². The highest BCUT2D eigenvalue weighted by Gasteiger charge is 2.32. The number of hydrogen-bond donors (Lipinski definition) is 1. The van der Waals surface area contributed by atoms with E-state index in [0.717, 1.165) is 16.7 Å². The van der Waals surface area contributed by atoms with Crippen LogP contribution in [-0.2, 0) is 16.6 Å². The molecule has 4 heterocycles. The van der Waals surface area contributed by atoms with Gasteiger partial charge >= 0.3 is 0 Å². The van der Waals surface area contributed by atoms with Gasteiger partial charge in [0.2, 0.25) is 10.0 Å². The molecule has 0 atom stereocenters. The van der Waals surface area contributed by atoms with Crippen LogP contribution in [0.15, 0.2) is 46.1 Å². The van der Waals surface area contributed by atoms with Gasteiger partial charge < -0.3 is 14.5 Å². The van der Waals surface area contributed by atoms with Gasteiger partial charge in [-0.1, -0.05) is 23.4 Å². The maximum Gasteiger partial charge on any atom is 0.281 e. The summed E-state index contributed by atoms with van der Waals surface area (Å²) in [6.45, 7) is 5.75. The topological polar surface area (TPSA) is 132 Å². The summed E-state index contributed by atoms with van der Waals surface area (Å²) in [5, 5.41) is 8.21. The third kappa shape index (κ3) is 4.43. The Morgan fingerprint density at radius 2 is 1.79 bits per heavy atom. The molecule has 1 N–H and O–H groups in total. The number of aromatic nitrogens is 5. The number of nitrogens with zero attached hydrogens (tertiary/aromatic N) is 5. The van der Waals surface area contributed by atoms with Crippen LogP contribution in [0.25, 0.3) is 11.2 Å². The maximum atomic E-state index is 13.3. The Morgan fingerprint density at radius 3 is 2.58 bits per heavy atom. The van der Waals surface area contributed by atoms with Crippen molar-refractivity contribution in [2.75, 3.05) is 26.3 Å². The van der Waals surface area contributed by atoms with Crippen LogP contribution in [0.1, 0.15) is 41.3 Å². The zero-order chi connectivity index (χ0) is 26.4. The standard InChI is InChI=1S/C26H28N6O5S/c1-16-3-4-17(2)22(13-16)38(34,35)31-9-7-19(8-10-31)24-27-25-23(26(33)28-24)29-30-32(25)15-18-5-6-20-21(14-18)37-12-11-36-20/h3-6,13-14,19H,7-12,15H2,1-2H3,(H,27,28,33). The highest BCUT2D eigenvalue weighted by Crippen LogP contribution is 2.32. The Hall–Kier alpha value is -3.77. The van der Waals surface area contributed by atoms with E-state index >= 15 is 0 Å². The lowest BCUT2D eigenvalue weighted by Gasteiger charge is -2.31. The molecule has 0 unspecified atom stereocenters. The van der Waals surface area contributed by atoms with E-state index in [1.54, 1.807) is 10.7 Å². The van der Waals surface area contributed by atoms with E-state index in [1.165, 1.54) is 4.31 Å². The van der Waals surface area contributed by atoms with Crippen molar-refractivity contribution >= 4 is 21.2 Å². The van der Waals surface area contributed by atoms with Crippen LogP contribution in [-0.4, -0.2) is 64.0 Å². The predicted molar refractivity (Wildman–Crippen MR) is 139 cm³/mol. The molecule has 11 nitrogen and oxygen atoms in total. The summed E-state index contributed by atoms with van der Waals surface area (Å²) in [5.74, 6) is 1.81.